The fraction of sp³-hybridized carbons (Fsp3) is 0.222. The Kier molecular flexibility index (Phi) is 7.19. The minimum Gasteiger partial charge on any atom is -0.494 e. The molecule has 1 aromatic heterocycles. The van der Waals surface area contributed by atoms with Crippen LogP contribution in [0.1, 0.15) is 39.2 Å². The number of carbonyl (C=O) groups excluding carboxylic acids is 1. The number of para-hydroxylation sites is 1. The van der Waals surface area contributed by atoms with Crippen LogP contribution >= 0.6 is 11.6 Å². The van der Waals surface area contributed by atoms with Gasteiger partial charge in [0.2, 0.25) is 0 Å². The van der Waals surface area contributed by atoms with Crippen molar-refractivity contribution in [3.63, 3.8) is 0 Å². The first kappa shape index (κ1) is 24.8. The summed E-state index contributed by atoms with van der Waals surface area (Å²) in [4.78, 5) is 16.3. The van der Waals surface area contributed by atoms with Crippen LogP contribution in [-0.4, -0.2) is 25.9 Å². The lowest BCUT2D eigenvalue weighted by Crippen LogP contribution is -2.32. The molecule has 0 aliphatic carbocycles. The van der Waals surface area contributed by atoms with Gasteiger partial charge in [-0.3, -0.25) is 4.79 Å². The number of hydrogen-bond donors (Lipinski definition) is 2. The van der Waals surface area contributed by atoms with Crippen LogP contribution in [0, 0.1) is 20.8 Å². The number of benzene rings is 3. The predicted octanol–water partition coefficient (Wildman–Crippen LogP) is 5.88. The quantitative estimate of drug-likeness (QED) is 0.290. The van der Waals surface area contributed by atoms with E-state index >= 15 is 0 Å². The number of sulfonamides is 1. The molecule has 3 aromatic carbocycles. The minimum atomic E-state index is -4.02. The maximum absolute atomic E-state index is 13.1. The first-order valence-corrected chi connectivity index (χ1v) is 13.2. The number of nitrogens with one attached hydrogen (secondary N) is 2. The highest BCUT2D eigenvalue weighted by atomic mass is 35.5. The number of hydrogen-bond acceptors (Lipinski definition) is 4. The SMILES string of the molecule is Cc1ccccc1S(=O)(=O)NC(=O)c1[nH]c2ccccc2c1CCCOc1cc(C)c(Cl)c(C)c1. The summed E-state index contributed by atoms with van der Waals surface area (Å²) in [7, 11) is -4.02. The predicted molar refractivity (Wildman–Crippen MR) is 139 cm³/mol. The number of ether oxygens (including phenoxy) is 1. The van der Waals surface area contributed by atoms with Crippen molar-refractivity contribution in [2.75, 3.05) is 6.61 Å². The lowest BCUT2D eigenvalue weighted by molar-refractivity contribution is 0.0976. The van der Waals surface area contributed by atoms with Gasteiger partial charge in [0.25, 0.3) is 15.9 Å². The zero-order valence-corrected chi connectivity index (χ0v) is 21.4. The summed E-state index contributed by atoms with van der Waals surface area (Å²) in [5.74, 6) is 0.0509. The first-order valence-electron chi connectivity index (χ1n) is 11.3. The van der Waals surface area contributed by atoms with Crippen LogP contribution in [0.15, 0.2) is 65.6 Å². The van der Waals surface area contributed by atoms with E-state index in [1.165, 1.54) is 6.07 Å². The van der Waals surface area contributed by atoms with Gasteiger partial charge in [-0.15, -0.1) is 0 Å². The molecule has 0 saturated carbocycles. The molecule has 2 N–H and O–H groups in total. The van der Waals surface area contributed by atoms with Crippen LogP contribution < -0.4 is 9.46 Å². The number of fused-ring (bicyclic) bond motifs is 1. The zero-order chi connectivity index (χ0) is 25.2. The van der Waals surface area contributed by atoms with E-state index in [2.05, 4.69) is 9.71 Å². The molecule has 0 atom stereocenters. The zero-order valence-electron chi connectivity index (χ0n) is 19.8. The summed E-state index contributed by atoms with van der Waals surface area (Å²) in [6, 6.07) is 17.9. The molecule has 1 amide bonds. The van der Waals surface area contributed by atoms with Crippen LogP contribution in [0.5, 0.6) is 5.75 Å². The molecule has 182 valence electrons. The molecule has 1 heterocycles. The van der Waals surface area contributed by atoms with E-state index in [9.17, 15) is 13.2 Å². The van der Waals surface area contributed by atoms with Crippen molar-refractivity contribution in [1.29, 1.82) is 0 Å². The minimum absolute atomic E-state index is 0.0768. The monoisotopic (exact) mass is 510 g/mol. The Morgan fingerprint density at radius 2 is 1.63 bits per heavy atom. The molecular weight excluding hydrogens is 484 g/mol. The second kappa shape index (κ2) is 10.1. The highest BCUT2D eigenvalue weighted by molar-refractivity contribution is 7.90. The maximum atomic E-state index is 13.1. The first-order chi connectivity index (χ1) is 16.7. The Bertz CT molecular complexity index is 1490. The summed E-state index contributed by atoms with van der Waals surface area (Å²) in [5, 5.41) is 1.61. The fourth-order valence-electron chi connectivity index (χ4n) is 4.17. The van der Waals surface area contributed by atoms with Gasteiger partial charge < -0.3 is 9.72 Å². The largest absolute Gasteiger partial charge is 0.494 e. The molecule has 4 aromatic rings. The molecule has 0 bridgehead atoms. The number of carbonyl (C=O) groups is 1. The number of aromatic amines is 1. The molecule has 35 heavy (non-hydrogen) atoms. The fourth-order valence-corrected chi connectivity index (χ4v) is 5.48. The van der Waals surface area contributed by atoms with Crippen molar-refractivity contribution in [2.45, 2.75) is 38.5 Å². The van der Waals surface area contributed by atoms with Gasteiger partial charge in [0.1, 0.15) is 11.4 Å². The Hall–Kier alpha value is -3.29. The van der Waals surface area contributed by atoms with E-state index in [1.807, 2.05) is 50.2 Å². The van der Waals surface area contributed by atoms with Crippen molar-refractivity contribution in [3.05, 3.63) is 93.6 Å². The van der Waals surface area contributed by atoms with Crippen molar-refractivity contribution >= 4 is 38.4 Å². The molecule has 8 heteroatoms. The number of H-pyrrole nitrogens is 1. The second-order valence-corrected chi connectivity index (χ2v) is 10.6. The molecule has 0 radical (unpaired) electrons. The third kappa shape index (κ3) is 5.36. The summed E-state index contributed by atoms with van der Waals surface area (Å²) >= 11 is 6.23. The van der Waals surface area contributed by atoms with E-state index in [4.69, 9.17) is 16.3 Å². The lowest BCUT2D eigenvalue weighted by Gasteiger charge is -2.11. The summed E-state index contributed by atoms with van der Waals surface area (Å²) in [6.45, 7) is 5.99. The van der Waals surface area contributed by atoms with Gasteiger partial charge in [-0.05, 0) is 80.1 Å². The van der Waals surface area contributed by atoms with Gasteiger partial charge in [0.05, 0.1) is 11.5 Å². The van der Waals surface area contributed by atoms with Gasteiger partial charge in [0, 0.05) is 15.9 Å². The highest BCUT2D eigenvalue weighted by Crippen LogP contribution is 2.27. The Morgan fingerprint density at radius 1 is 0.971 bits per heavy atom. The molecule has 0 fully saturated rings. The Balaban J connectivity index is 1.53. The molecule has 0 aliphatic rings. The van der Waals surface area contributed by atoms with E-state index < -0.39 is 15.9 Å². The summed E-state index contributed by atoms with van der Waals surface area (Å²) in [6.07, 6.45) is 1.16. The van der Waals surface area contributed by atoms with E-state index in [-0.39, 0.29) is 10.6 Å². The maximum Gasteiger partial charge on any atom is 0.281 e. The van der Waals surface area contributed by atoms with Crippen LogP contribution in [0.4, 0.5) is 0 Å². The van der Waals surface area contributed by atoms with Crippen molar-refractivity contribution in [3.8, 4) is 5.75 Å². The number of halogens is 1. The van der Waals surface area contributed by atoms with Crippen LogP contribution in [0.25, 0.3) is 10.9 Å². The molecule has 4 rings (SSSR count). The Morgan fingerprint density at radius 3 is 2.34 bits per heavy atom. The van der Waals surface area contributed by atoms with Crippen LogP contribution in [-0.2, 0) is 16.4 Å². The van der Waals surface area contributed by atoms with E-state index in [1.54, 1.807) is 25.1 Å². The number of rotatable bonds is 8. The van der Waals surface area contributed by atoms with E-state index in [0.717, 1.165) is 38.4 Å². The van der Waals surface area contributed by atoms with Crippen molar-refractivity contribution in [2.24, 2.45) is 0 Å². The van der Waals surface area contributed by atoms with Gasteiger partial charge in [0.15, 0.2) is 0 Å². The molecule has 0 spiro atoms. The topological polar surface area (TPSA) is 88.3 Å². The molecular formula is C27H27ClN2O4S. The standard InChI is InChI=1S/C27H27ClN2O4S/c1-17-9-4-7-13-24(17)35(32,33)30-27(31)26-22(21-10-5-6-12-23(21)29-26)11-8-14-34-20-15-18(2)25(28)19(3)16-20/h4-7,9-10,12-13,15-16,29H,8,11,14H2,1-3H3,(H,30,31). The third-order valence-corrected chi connectivity index (χ3v) is 7.99. The lowest BCUT2D eigenvalue weighted by atomic mass is 10.1. The van der Waals surface area contributed by atoms with Crippen molar-refractivity contribution < 1.29 is 17.9 Å². The summed E-state index contributed by atoms with van der Waals surface area (Å²) < 4.78 is 33.9. The average Bonchev–Trinajstić information content (AvgIpc) is 3.19. The number of aryl methyl sites for hydroxylation is 4. The molecule has 6 nitrogen and oxygen atoms in total. The van der Waals surface area contributed by atoms with Gasteiger partial charge in [-0.2, -0.15) is 0 Å². The Labute approximate surface area is 210 Å². The highest BCUT2D eigenvalue weighted by Gasteiger charge is 2.24. The van der Waals surface area contributed by atoms with Crippen LogP contribution in [0.2, 0.25) is 5.02 Å². The van der Waals surface area contributed by atoms with Crippen molar-refractivity contribution in [1.82, 2.24) is 9.71 Å². The molecule has 0 aliphatic heterocycles. The van der Waals surface area contributed by atoms with Gasteiger partial charge >= 0.3 is 0 Å². The normalized spacial score (nSPS) is 11.5. The van der Waals surface area contributed by atoms with Gasteiger partial charge in [-0.25, -0.2) is 13.1 Å². The molecule has 0 saturated heterocycles. The van der Waals surface area contributed by atoms with Crippen LogP contribution in [0.3, 0.4) is 0 Å². The third-order valence-electron chi connectivity index (χ3n) is 5.90. The smallest absolute Gasteiger partial charge is 0.281 e. The number of amides is 1. The van der Waals surface area contributed by atoms with Gasteiger partial charge in [-0.1, -0.05) is 48.0 Å². The molecule has 0 unspecified atom stereocenters. The number of aromatic nitrogens is 1. The summed E-state index contributed by atoms with van der Waals surface area (Å²) in [5.41, 5.74) is 4.23. The average molecular weight is 511 g/mol. The second-order valence-electron chi connectivity index (χ2n) is 8.55. The van der Waals surface area contributed by atoms with E-state index in [0.29, 0.717) is 25.0 Å².